The number of fused-ring (bicyclic) bond motifs is 1. The van der Waals surface area contributed by atoms with Gasteiger partial charge in [0.05, 0.1) is 12.2 Å². The molecule has 0 N–H and O–H groups in total. The van der Waals surface area contributed by atoms with Gasteiger partial charge in [-0.1, -0.05) is 18.2 Å². The van der Waals surface area contributed by atoms with Crippen LogP contribution in [0.4, 0.5) is 5.69 Å². The number of benzene rings is 1. The molecule has 0 unspecified atom stereocenters. The van der Waals surface area contributed by atoms with E-state index < -0.39 is 0 Å². The lowest BCUT2D eigenvalue weighted by Gasteiger charge is -2.17. The van der Waals surface area contributed by atoms with Crippen LogP contribution >= 0.6 is 22.7 Å². The highest BCUT2D eigenvalue weighted by molar-refractivity contribution is 7.14. The minimum Gasteiger partial charge on any atom is -0.365 e. The molecule has 1 aliphatic heterocycles. The number of anilines is 1. The van der Waals surface area contributed by atoms with Gasteiger partial charge in [-0.05, 0) is 29.5 Å². The van der Waals surface area contributed by atoms with Gasteiger partial charge in [0.1, 0.15) is 5.01 Å². The molecular formula is C16H14N2S2. The van der Waals surface area contributed by atoms with E-state index in [9.17, 15) is 0 Å². The Morgan fingerprint density at radius 1 is 1.15 bits per heavy atom. The average Bonchev–Trinajstić information content (AvgIpc) is 3.19. The van der Waals surface area contributed by atoms with Gasteiger partial charge in [-0.15, -0.1) is 11.3 Å². The first-order chi connectivity index (χ1) is 9.90. The lowest BCUT2D eigenvalue weighted by molar-refractivity contribution is 0.820. The van der Waals surface area contributed by atoms with Crippen LogP contribution < -0.4 is 4.90 Å². The Balaban J connectivity index is 1.56. The second kappa shape index (κ2) is 5.04. The van der Waals surface area contributed by atoms with E-state index in [1.54, 1.807) is 22.7 Å². The fraction of sp³-hybridized carbons (Fsp3) is 0.188. The molecule has 3 aromatic rings. The maximum Gasteiger partial charge on any atom is 0.124 e. The summed E-state index contributed by atoms with van der Waals surface area (Å²) in [6.07, 6.45) is 1.15. The highest BCUT2D eigenvalue weighted by Crippen LogP contribution is 2.30. The van der Waals surface area contributed by atoms with Gasteiger partial charge in [0.25, 0.3) is 0 Å². The van der Waals surface area contributed by atoms with E-state index in [1.165, 1.54) is 22.5 Å². The van der Waals surface area contributed by atoms with Crippen LogP contribution in [0.1, 0.15) is 11.3 Å². The number of thiazole rings is 1. The van der Waals surface area contributed by atoms with Crippen molar-refractivity contribution in [1.82, 2.24) is 4.98 Å². The molecule has 1 aliphatic rings. The molecule has 0 aliphatic carbocycles. The van der Waals surface area contributed by atoms with Gasteiger partial charge < -0.3 is 4.90 Å². The van der Waals surface area contributed by atoms with Crippen LogP contribution in [0, 0.1) is 0 Å². The summed E-state index contributed by atoms with van der Waals surface area (Å²) in [7, 11) is 0. The number of hydrogen-bond donors (Lipinski definition) is 0. The van der Waals surface area contributed by atoms with Crippen LogP contribution in [0.2, 0.25) is 0 Å². The molecule has 2 aromatic heterocycles. The number of rotatable bonds is 3. The van der Waals surface area contributed by atoms with Crippen molar-refractivity contribution in [2.24, 2.45) is 0 Å². The first kappa shape index (κ1) is 12.1. The van der Waals surface area contributed by atoms with Gasteiger partial charge >= 0.3 is 0 Å². The van der Waals surface area contributed by atoms with Gasteiger partial charge in [0.15, 0.2) is 0 Å². The van der Waals surface area contributed by atoms with Crippen LogP contribution in [0.3, 0.4) is 0 Å². The molecule has 0 bridgehead atoms. The number of thiophene rings is 1. The third-order valence-electron chi connectivity index (χ3n) is 3.66. The van der Waals surface area contributed by atoms with Gasteiger partial charge in [0, 0.05) is 28.6 Å². The monoisotopic (exact) mass is 298 g/mol. The van der Waals surface area contributed by atoms with Crippen molar-refractivity contribution < 1.29 is 0 Å². The summed E-state index contributed by atoms with van der Waals surface area (Å²) in [6.45, 7) is 2.02. The van der Waals surface area contributed by atoms with Gasteiger partial charge in [-0.2, -0.15) is 11.3 Å². The maximum atomic E-state index is 4.77. The fourth-order valence-corrected chi connectivity index (χ4v) is 4.19. The Kier molecular flexibility index (Phi) is 3.05. The summed E-state index contributed by atoms with van der Waals surface area (Å²) in [5.41, 5.74) is 5.25. The van der Waals surface area contributed by atoms with E-state index in [4.69, 9.17) is 4.98 Å². The topological polar surface area (TPSA) is 16.1 Å². The Bertz CT molecular complexity index is 716. The minimum atomic E-state index is 0.914. The number of para-hydroxylation sites is 1. The Hall–Kier alpha value is -1.65. The summed E-state index contributed by atoms with van der Waals surface area (Å²) in [5.74, 6) is 0. The van der Waals surface area contributed by atoms with Crippen LogP contribution in [-0.4, -0.2) is 11.5 Å². The molecule has 0 saturated heterocycles. The second-order valence-electron chi connectivity index (χ2n) is 4.96. The zero-order valence-electron chi connectivity index (χ0n) is 11.0. The SMILES string of the molecule is c1ccc2c(c1)CCN2Cc1csc(-c2ccsc2)n1. The van der Waals surface area contributed by atoms with Crippen LogP contribution in [0.5, 0.6) is 0 Å². The van der Waals surface area contributed by atoms with Crippen molar-refractivity contribution in [2.75, 3.05) is 11.4 Å². The third kappa shape index (κ3) is 2.15. The van der Waals surface area contributed by atoms with Gasteiger partial charge in [0.2, 0.25) is 0 Å². The largest absolute Gasteiger partial charge is 0.365 e. The summed E-state index contributed by atoms with van der Waals surface area (Å²) in [4.78, 5) is 7.20. The molecule has 0 amide bonds. The highest BCUT2D eigenvalue weighted by atomic mass is 32.1. The molecule has 2 nitrogen and oxygen atoms in total. The molecule has 0 spiro atoms. The van der Waals surface area contributed by atoms with E-state index in [-0.39, 0.29) is 0 Å². The number of nitrogens with zero attached hydrogens (tertiary/aromatic N) is 2. The van der Waals surface area contributed by atoms with E-state index in [1.807, 2.05) is 0 Å². The van der Waals surface area contributed by atoms with Gasteiger partial charge in [-0.25, -0.2) is 4.98 Å². The molecule has 0 saturated carbocycles. The molecule has 0 atom stereocenters. The highest BCUT2D eigenvalue weighted by Gasteiger charge is 2.19. The van der Waals surface area contributed by atoms with Crippen LogP contribution in [0.25, 0.3) is 10.6 Å². The Morgan fingerprint density at radius 2 is 2.10 bits per heavy atom. The molecule has 0 radical (unpaired) electrons. The summed E-state index contributed by atoms with van der Waals surface area (Å²) in [6, 6.07) is 10.8. The molecular weight excluding hydrogens is 284 g/mol. The van der Waals surface area contributed by atoms with Crippen molar-refractivity contribution in [1.29, 1.82) is 0 Å². The molecule has 20 heavy (non-hydrogen) atoms. The first-order valence-electron chi connectivity index (χ1n) is 6.70. The Labute approximate surface area is 126 Å². The normalized spacial score (nSPS) is 13.7. The minimum absolute atomic E-state index is 0.914. The van der Waals surface area contributed by atoms with Crippen LogP contribution in [0.15, 0.2) is 46.5 Å². The van der Waals surface area contributed by atoms with Crippen molar-refractivity contribution in [3.05, 3.63) is 57.7 Å². The zero-order valence-corrected chi connectivity index (χ0v) is 12.6. The van der Waals surface area contributed by atoms with E-state index in [2.05, 4.69) is 51.4 Å². The quantitative estimate of drug-likeness (QED) is 0.711. The average molecular weight is 298 g/mol. The van der Waals surface area contributed by atoms with Crippen molar-refractivity contribution >= 4 is 28.4 Å². The van der Waals surface area contributed by atoms with E-state index in [0.29, 0.717) is 0 Å². The fourth-order valence-electron chi connectivity index (χ4n) is 2.66. The predicted molar refractivity (Wildman–Crippen MR) is 86.6 cm³/mol. The van der Waals surface area contributed by atoms with Crippen molar-refractivity contribution in [3.63, 3.8) is 0 Å². The van der Waals surface area contributed by atoms with Crippen molar-refractivity contribution in [3.8, 4) is 10.6 Å². The molecule has 0 fully saturated rings. The summed E-state index contributed by atoms with van der Waals surface area (Å²) < 4.78 is 0. The third-order valence-corrected chi connectivity index (χ3v) is 5.28. The first-order valence-corrected chi connectivity index (χ1v) is 8.52. The smallest absolute Gasteiger partial charge is 0.124 e. The van der Waals surface area contributed by atoms with E-state index >= 15 is 0 Å². The molecule has 4 heteroatoms. The summed E-state index contributed by atoms with van der Waals surface area (Å²) >= 11 is 3.46. The van der Waals surface area contributed by atoms with Crippen LogP contribution in [-0.2, 0) is 13.0 Å². The number of hydrogen-bond acceptors (Lipinski definition) is 4. The van der Waals surface area contributed by atoms with Crippen molar-refractivity contribution in [2.45, 2.75) is 13.0 Å². The Morgan fingerprint density at radius 3 is 3.00 bits per heavy atom. The molecule has 3 heterocycles. The summed E-state index contributed by atoms with van der Waals surface area (Å²) in [5, 5.41) is 7.59. The van der Waals surface area contributed by atoms with Gasteiger partial charge in [-0.3, -0.25) is 0 Å². The lowest BCUT2D eigenvalue weighted by Crippen LogP contribution is -2.19. The van der Waals surface area contributed by atoms with E-state index in [0.717, 1.165) is 24.5 Å². The lowest BCUT2D eigenvalue weighted by atomic mass is 10.2. The molecule has 1 aromatic carbocycles. The second-order valence-corrected chi connectivity index (χ2v) is 6.59. The zero-order chi connectivity index (χ0) is 13.4. The molecule has 4 rings (SSSR count). The number of aromatic nitrogens is 1. The molecule has 100 valence electrons. The maximum absolute atomic E-state index is 4.77. The standard InChI is InChI=1S/C16H14N2S2/c1-2-4-15-12(3-1)5-7-18(15)9-14-11-20-16(17-14)13-6-8-19-10-13/h1-4,6,8,10-11H,5,7,9H2. The predicted octanol–water partition coefficient (Wildman–Crippen LogP) is 4.43.